The van der Waals surface area contributed by atoms with Crippen LogP contribution in [0.4, 0.5) is 0 Å². The van der Waals surface area contributed by atoms with Crippen LogP contribution in [-0.4, -0.2) is 22.2 Å². The highest BCUT2D eigenvalue weighted by Gasteiger charge is 2.04. The van der Waals surface area contributed by atoms with Crippen molar-refractivity contribution in [3.8, 4) is 11.3 Å². The number of hydrogen-bond acceptors (Lipinski definition) is 3. The average molecular weight is 339 g/mol. The molecule has 0 saturated carbocycles. The molecule has 0 fully saturated rings. The number of nitrogens with zero attached hydrogens (tertiary/aromatic N) is 2. The van der Waals surface area contributed by atoms with Gasteiger partial charge in [-0.2, -0.15) is 16.4 Å². The van der Waals surface area contributed by atoms with E-state index in [9.17, 15) is 4.79 Å². The van der Waals surface area contributed by atoms with Gasteiger partial charge in [-0.05, 0) is 35.9 Å². The second kappa shape index (κ2) is 8.45. The molecule has 0 spiro atoms. The van der Waals surface area contributed by atoms with Crippen molar-refractivity contribution in [3.63, 3.8) is 0 Å². The Morgan fingerprint density at radius 1 is 1.17 bits per heavy atom. The first-order chi connectivity index (χ1) is 11.8. The van der Waals surface area contributed by atoms with Crippen LogP contribution in [0.15, 0.2) is 59.4 Å². The minimum atomic E-state index is 0.108. The summed E-state index contributed by atoms with van der Waals surface area (Å²) in [4.78, 5) is 11.9. The van der Waals surface area contributed by atoms with Crippen molar-refractivity contribution >= 4 is 17.2 Å². The summed E-state index contributed by atoms with van der Waals surface area (Å²) >= 11 is 1.67. The summed E-state index contributed by atoms with van der Waals surface area (Å²) < 4.78 is 1.87. The van der Waals surface area contributed by atoms with Crippen LogP contribution in [0.3, 0.4) is 0 Å². The lowest BCUT2D eigenvalue weighted by atomic mass is 10.1. The first kappa shape index (κ1) is 16.5. The minimum Gasteiger partial charge on any atom is -0.354 e. The van der Waals surface area contributed by atoms with E-state index in [1.807, 2.05) is 40.5 Å². The van der Waals surface area contributed by atoms with Gasteiger partial charge in [0, 0.05) is 30.1 Å². The molecule has 3 rings (SSSR count). The zero-order chi connectivity index (χ0) is 16.6. The Labute approximate surface area is 146 Å². The monoisotopic (exact) mass is 339 g/mol. The second-order valence-electron chi connectivity index (χ2n) is 5.67. The van der Waals surface area contributed by atoms with E-state index in [0.717, 1.165) is 24.1 Å². The Morgan fingerprint density at radius 2 is 2.04 bits per heavy atom. The molecule has 1 aromatic carbocycles. The minimum absolute atomic E-state index is 0.108. The van der Waals surface area contributed by atoms with E-state index < -0.39 is 0 Å². The molecule has 0 aliphatic rings. The number of carbonyl (C=O) groups is 1. The number of nitrogens with one attached hydrogen (secondary N) is 1. The van der Waals surface area contributed by atoms with Gasteiger partial charge in [0.2, 0.25) is 5.91 Å². The molecule has 124 valence electrons. The molecule has 0 aliphatic carbocycles. The molecule has 3 aromatic rings. The SMILES string of the molecule is O=C(CCCc1ccccc1)NCCn1ccc(-c2ccsc2)n1. The third-order valence-electron chi connectivity index (χ3n) is 3.83. The summed E-state index contributed by atoms with van der Waals surface area (Å²) in [5.41, 5.74) is 3.40. The van der Waals surface area contributed by atoms with Crippen molar-refractivity contribution in [3.05, 3.63) is 65.0 Å². The maximum atomic E-state index is 11.9. The van der Waals surface area contributed by atoms with Gasteiger partial charge in [-0.1, -0.05) is 30.3 Å². The lowest BCUT2D eigenvalue weighted by Crippen LogP contribution is -2.27. The van der Waals surface area contributed by atoms with Crippen molar-refractivity contribution in [2.45, 2.75) is 25.8 Å². The number of amides is 1. The van der Waals surface area contributed by atoms with Gasteiger partial charge in [-0.25, -0.2) is 0 Å². The van der Waals surface area contributed by atoms with E-state index in [-0.39, 0.29) is 5.91 Å². The first-order valence-electron chi connectivity index (χ1n) is 8.18. The fourth-order valence-corrected chi connectivity index (χ4v) is 3.20. The molecule has 0 bridgehead atoms. The number of aryl methyl sites for hydroxylation is 1. The zero-order valence-corrected chi connectivity index (χ0v) is 14.3. The summed E-state index contributed by atoms with van der Waals surface area (Å²) in [5, 5.41) is 11.6. The van der Waals surface area contributed by atoms with Gasteiger partial charge < -0.3 is 5.32 Å². The van der Waals surface area contributed by atoms with Crippen molar-refractivity contribution in [2.75, 3.05) is 6.54 Å². The molecule has 24 heavy (non-hydrogen) atoms. The molecule has 2 heterocycles. The maximum absolute atomic E-state index is 11.9. The van der Waals surface area contributed by atoms with Gasteiger partial charge in [0.25, 0.3) is 0 Å². The predicted molar refractivity (Wildman–Crippen MR) is 97.9 cm³/mol. The number of hydrogen-bond donors (Lipinski definition) is 1. The molecule has 1 N–H and O–H groups in total. The molecule has 0 atom stereocenters. The Morgan fingerprint density at radius 3 is 2.83 bits per heavy atom. The van der Waals surface area contributed by atoms with Gasteiger partial charge in [0.05, 0.1) is 12.2 Å². The van der Waals surface area contributed by atoms with Crippen molar-refractivity contribution in [1.29, 1.82) is 0 Å². The van der Waals surface area contributed by atoms with Crippen molar-refractivity contribution in [2.24, 2.45) is 0 Å². The van der Waals surface area contributed by atoms with E-state index in [2.05, 4.69) is 34.0 Å². The summed E-state index contributed by atoms with van der Waals surface area (Å²) in [7, 11) is 0. The number of aromatic nitrogens is 2. The largest absolute Gasteiger partial charge is 0.354 e. The van der Waals surface area contributed by atoms with Crippen LogP contribution in [-0.2, 0) is 17.8 Å². The smallest absolute Gasteiger partial charge is 0.220 e. The molecule has 5 heteroatoms. The van der Waals surface area contributed by atoms with E-state index in [4.69, 9.17) is 0 Å². The van der Waals surface area contributed by atoms with Crippen molar-refractivity contribution in [1.82, 2.24) is 15.1 Å². The number of thiophene rings is 1. The fourth-order valence-electron chi connectivity index (χ4n) is 2.55. The van der Waals surface area contributed by atoms with Crippen LogP contribution in [0.5, 0.6) is 0 Å². The first-order valence-corrected chi connectivity index (χ1v) is 9.12. The van der Waals surface area contributed by atoms with Gasteiger partial charge in [0.15, 0.2) is 0 Å². The molecule has 0 saturated heterocycles. The van der Waals surface area contributed by atoms with Gasteiger partial charge >= 0.3 is 0 Å². The van der Waals surface area contributed by atoms with Gasteiger partial charge in [-0.3, -0.25) is 9.48 Å². The van der Waals surface area contributed by atoms with Crippen LogP contribution in [0.1, 0.15) is 18.4 Å². The highest BCUT2D eigenvalue weighted by atomic mass is 32.1. The summed E-state index contributed by atoms with van der Waals surface area (Å²) in [5.74, 6) is 0.108. The molecule has 0 aliphatic heterocycles. The average Bonchev–Trinajstić information content (AvgIpc) is 3.27. The summed E-state index contributed by atoms with van der Waals surface area (Å²) in [6.45, 7) is 1.30. The highest BCUT2D eigenvalue weighted by Crippen LogP contribution is 2.19. The number of rotatable bonds is 8. The third-order valence-corrected chi connectivity index (χ3v) is 4.52. The topological polar surface area (TPSA) is 46.9 Å². The lowest BCUT2D eigenvalue weighted by molar-refractivity contribution is -0.121. The molecule has 0 radical (unpaired) electrons. The Bertz CT molecular complexity index is 750. The van der Waals surface area contributed by atoms with Gasteiger partial charge in [-0.15, -0.1) is 0 Å². The third kappa shape index (κ3) is 4.80. The lowest BCUT2D eigenvalue weighted by Gasteiger charge is -2.06. The predicted octanol–water partition coefficient (Wildman–Crippen LogP) is 3.75. The molecule has 2 aromatic heterocycles. The van der Waals surface area contributed by atoms with Crippen LogP contribution in [0.25, 0.3) is 11.3 Å². The van der Waals surface area contributed by atoms with E-state index in [1.54, 1.807) is 11.3 Å². The quantitative estimate of drug-likeness (QED) is 0.679. The Kier molecular flexibility index (Phi) is 5.80. The Hall–Kier alpha value is -2.40. The molecule has 1 amide bonds. The van der Waals surface area contributed by atoms with Gasteiger partial charge in [0.1, 0.15) is 0 Å². The van der Waals surface area contributed by atoms with Crippen LogP contribution in [0.2, 0.25) is 0 Å². The van der Waals surface area contributed by atoms with Crippen LogP contribution >= 0.6 is 11.3 Å². The Balaban J connectivity index is 1.35. The molecular formula is C19H21N3OS. The van der Waals surface area contributed by atoms with Crippen molar-refractivity contribution < 1.29 is 4.79 Å². The van der Waals surface area contributed by atoms with Crippen LogP contribution < -0.4 is 5.32 Å². The van der Waals surface area contributed by atoms with E-state index in [1.165, 1.54) is 5.56 Å². The standard InChI is InChI=1S/C19H21N3OS/c23-19(8-4-7-16-5-2-1-3-6-16)20-11-13-22-12-9-18(21-22)17-10-14-24-15-17/h1-3,5-6,9-10,12,14-15H,4,7-8,11,13H2,(H,20,23). The van der Waals surface area contributed by atoms with Crippen LogP contribution in [0, 0.1) is 0 Å². The normalized spacial score (nSPS) is 10.7. The van der Waals surface area contributed by atoms with E-state index in [0.29, 0.717) is 19.5 Å². The number of benzene rings is 1. The summed E-state index contributed by atoms with van der Waals surface area (Å²) in [6.07, 6.45) is 4.33. The highest BCUT2D eigenvalue weighted by molar-refractivity contribution is 7.08. The molecule has 4 nitrogen and oxygen atoms in total. The summed E-state index contributed by atoms with van der Waals surface area (Å²) in [6, 6.07) is 14.3. The van der Waals surface area contributed by atoms with E-state index >= 15 is 0 Å². The second-order valence-corrected chi connectivity index (χ2v) is 6.45. The maximum Gasteiger partial charge on any atom is 0.220 e. The number of carbonyl (C=O) groups excluding carboxylic acids is 1. The zero-order valence-electron chi connectivity index (χ0n) is 13.5. The molecular weight excluding hydrogens is 318 g/mol. The molecule has 0 unspecified atom stereocenters. The fraction of sp³-hybridized carbons (Fsp3) is 0.263.